The summed E-state index contributed by atoms with van der Waals surface area (Å²) in [6.07, 6.45) is 3.50. The van der Waals surface area contributed by atoms with Crippen molar-refractivity contribution in [3.8, 4) is 17.0 Å². The van der Waals surface area contributed by atoms with Crippen molar-refractivity contribution in [2.75, 3.05) is 7.11 Å². The van der Waals surface area contributed by atoms with E-state index in [9.17, 15) is 0 Å². The van der Waals surface area contributed by atoms with Gasteiger partial charge in [-0.05, 0) is 42.7 Å². The van der Waals surface area contributed by atoms with Crippen LogP contribution in [-0.2, 0) is 19.4 Å². The fourth-order valence-corrected chi connectivity index (χ4v) is 5.31. The summed E-state index contributed by atoms with van der Waals surface area (Å²) in [5.41, 5.74) is 11.1. The summed E-state index contributed by atoms with van der Waals surface area (Å²) in [5, 5.41) is 0. The average molecular weight is 370 g/mol. The summed E-state index contributed by atoms with van der Waals surface area (Å²) < 4.78 is 7.70. The molecule has 1 aliphatic carbocycles. The third-order valence-electron chi connectivity index (χ3n) is 5.67. The lowest BCUT2D eigenvalue weighted by atomic mass is 9.73. The molecule has 2 aromatic heterocycles. The van der Waals surface area contributed by atoms with Crippen LogP contribution in [-0.4, -0.2) is 16.5 Å². The SMILES string of the molecule is COc1cccc(-c2nc3sc4c(n3c2CN)CCC(C(C)(C)C)C4)c1. The average Bonchev–Trinajstić information content (AvgIpc) is 3.15. The molecule has 0 saturated heterocycles. The summed E-state index contributed by atoms with van der Waals surface area (Å²) in [4.78, 5) is 7.53. The van der Waals surface area contributed by atoms with Crippen LogP contribution in [0.1, 0.15) is 43.5 Å². The summed E-state index contributed by atoms with van der Waals surface area (Å²) in [5.74, 6) is 1.58. The molecule has 0 bridgehead atoms. The molecule has 1 aromatic carbocycles. The Morgan fingerprint density at radius 3 is 2.85 bits per heavy atom. The monoisotopic (exact) mass is 369 g/mol. The lowest BCUT2D eigenvalue weighted by Gasteiger charge is -2.33. The number of methoxy groups -OCH3 is 1. The van der Waals surface area contributed by atoms with E-state index in [2.05, 4.69) is 31.2 Å². The zero-order valence-electron chi connectivity index (χ0n) is 16.0. The van der Waals surface area contributed by atoms with Crippen molar-refractivity contribution in [3.63, 3.8) is 0 Å². The number of benzene rings is 1. The van der Waals surface area contributed by atoms with E-state index in [1.807, 2.05) is 29.5 Å². The Morgan fingerprint density at radius 2 is 2.15 bits per heavy atom. The highest BCUT2D eigenvalue weighted by Crippen LogP contribution is 2.41. The number of ether oxygens (including phenoxy) is 1. The summed E-state index contributed by atoms with van der Waals surface area (Å²) in [6, 6.07) is 8.08. The second kappa shape index (κ2) is 6.39. The number of fused-ring (bicyclic) bond motifs is 3. The van der Waals surface area contributed by atoms with Crippen LogP contribution in [0.15, 0.2) is 24.3 Å². The summed E-state index contributed by atoms with van der Waals surface area (Å²) in [6.45, 7) is 7.55. The van der Waals surface area contributed by atoms with Crippen molar-refractivity contribution < 1.29 is 4.74 Å². The van der Waals surface area contributed by atoms with Gasteiger partial charge in [-0.15, -0.1) is 11.3 Å². The van der Waals surface area contributed by atoms with Gasteiger partial charge in [-0.3, -0.25) is 4.40 Å². The van der Waals surface area contributed by atoms with E-state index in [1.54, 1.807) is 7.11 Å². The smallest absolute Gasteiger partial charge is 0.194 e. The third kappa shape index (κ3) is 2.83. The molecule has 0 aliphatic heterocycles. The Labute approximate surface area is 159 Å². The van der Waals surface area contributed by atoms with Crippen molar-refractivity contribution in [2.24, 2.45) is 17.1 Å². The van der Waals surface area contributed by atoms with Gasteiger partial charge in [0.1, 0.15) is 5.75 Å². The Kier molecular flexibility index (Phi) is 4.32. The molecule has 4 rings (SSSR count). The molecule has 138 valence electrons. The van der Waals surface area contributed by atoms with Crippen LogP contribution in [0.25, 0.3) is 16.2 Å². The van der Waals surface area contributed by atoms with Crippen LogP contribution in [0.5, 0.6) is 5.75 Å². The van der Waals surface area contributed by atoms with Crippen LogP contribution < -0.4 is 10.5 Å². The number of rotatable bonds is 3. The first-order chi connectivity index (χ1) is 12.4. The maximum atomic E-state index is 6.17. The van der Waals surface area contributed by atoms with Gasteiger partial charge in [0.25, 0.3) is 0 Å². The Morgan fingerprint density at radius 1 is 1.35 bits per heavy atom. The maximum absolute atomic E-state index is 6.17. The Hall–Kier alpha value is -1.85. The van der Waals surface area contributed by atoms with Gasteiger partial charge in [0, 0.05) is 22.7 Å². The van der Waals surface area contributed by atoms with Crippen LogP contribution in [0.2, 0.25) is 0 Å². The lowest BCUT2D eigenvalue weighted by molar-refractivity contribution is 0.216. The molecule has 1 aliphatic rings. The first-order valence-electron chi connectivity index (χ1n) is 9.28. The quantitative estimate of drug-likeness (QED) is 0.729. The normalized spacial score (nSPS) is 17.5. The molecular formula is C21H27N3OS. The molecule has 2 heterocycles. The van der Waals surface area contributed by atoms with Gasteiger partial charge in [0.05, 0.1) is 18.5 Å². The molecule has 4 nitrogen and oxygen atoms in total. The molecule has 2 N–H and O–H groups in total. The molecule has 1 unspecified atom stereocenters. The predicted octanol–water partition coefficient (Wildman–Crippen LogP) is 4.68. The highest BCUT2D eigenvalue weighted by molar-refractivity contribution is 7.17. The van der Waals surface area contributed by atoms with Gasteiger partial charge < -0.3 is 10.5 Å². The fraction of sp³-hybridized carbons (Fsp3) is 0.476. The van der Waals surface area contributed by atoms with E-state index in [-0.39, 0.29) is 0 Å². The molecule has 0 saturated carbocycles. The van der Waals surface area contributed by atoms with Crippen LogP contribution in [0, 0.1) is 11.3 Å². The number of hydrogen-bond acceptors (Lipinski definition) is 4. The van der Waals surface area contributed by atoms with E-state index < -0.39 is 0 Å². The number of thiazole rings is 1. The van der Waals surface area contributed by atoms with E-state index in [1.165, 1.54) is 17.0 Å². The van der Waals surface area contributed by atoms with Crippen molar-refractivity contribution in [1.82, 2.24) is 9.38 Å². The lowest BCUT2D eigenvalue weighted by Crippen LogP contribution is -2.26. The van der Waals surface area contributed by atoms with Crippen molar-refractivity contribution in [1.29, 1.82) is 0 Å². The number of hydrogen-bond donors (Lipinski definition) is 1. The van der Waals surface area contributed by atoms with Crippen molar-refractivity contribution >= 4 is 16.3 Å². The molecule has 3 aromatic rings. The molecule has 0 spiro atoms. The van der Waals surface area contributed by atoms with Crippen LogP contribution in [0.3, 0.4) is 0 Å². The molecule has 0 radical (unpaired) electrons. The van der Waals surface area contributed by atoms with E-state index >= 15 is 0 Å². The second-order valence-electron chi connectivity index (χ2n) is 8.24. The minimum absolute atomic E-state index is 0.353. The molecule has 0 fully saturated rings. The number of aryl methyl sites for hydroxylation is 1. The van der Waals surface area contributed by atoms with Gasteiger partial charge in [-0.25, -0.2) is 4.98 Å². The summed E-state index contributed by atoms with van der Waals surface area (Å²) in [7, 11) is 1.69. The van der Waals surface area contributed by atoms with Gasteiger partial charge in [0.15, 0.2) is 4.96 Å². The van der Waals surface area contributed by atoms with Crippen molar-refractivity contribution in [2.45, 2.75) is 46.6 Å². The number of imidazole rings is 1. The molecule has 5 heteroatoms. The van der Waals surface area contributed by atoms with Gasteiger partial charge in [-0.2, -0.15) is 0 Å². The number of aromatic nitrogens is 2. The zero-order valence-corrected chi connectivity index (χ0v) is 16.8. The third-order valence-corrected chi connectivity index (χ3v) is 6.78. The molecular weight excluding hydrogens is 342 g/mol. The first-order valence-corrected chi connectivity index (χ1v) is 10.1. The fourth-order valence-electron chi connectivity index (χ4n) is 4.05. The number of nitrogens with zero attached hydrogens (tertiary/aromatic N) is 2. The minimum atomic E-state index is 0.353. The highest BCUT2D eigenvalue weighted by atomic mass is 32.1. The molecule has 1 atom stereocenters. The zero-order chi connectivity index (χ0) is 18.5. The highest BCUT2D eigenvalue weighted by Gasteiger charge is 2.32. The van der Waals surface area contributed by atoms with Crippen LogP contribution in [0.4, 0.5) is 0 Å². The topological polar surface area (TPSA) is 52.5 Å². The van der Waals surface area contributed by atoms with Crippen molar-refractivity contribution in [3.05, 3.63) is 40.5 Å². The predicted molar refractivity (Wildman–Crippen MR) is 108 cm³/mol. The van der Waals surface area contributed by atoms with Gasteiger partial charge >= 0.3 is 0 Å². The van der Waals surface area contributed by atoms with Crippen LogP contribution >= 0.6 is 11.3 Å². The second-order valence-corrected chi connectivity index (χ2v) is 9.30. The van der Waals surface area contributed by atoms with E-state index in [0.29, 0.717) is 12.0 Å². The van der Waals surface area contributed by atoms with E-state index in [4.69, 9.17) is 15.5 Å². The Bertz CT molecular complexity index is 948. The number of nitrogens with two attached hydrogens (primary N) is 1. The van der Waals surface area contributed by atoms with Gasteiger partial charge in [-0.1, -0.05) is 32.9 Å². The standard InChI is InChI=1S/C21H27N3OS/c1-21(2,3)14-8-9-16-18(11-14)26-20-23-19(17(12-22)24(16)20)13-6-5-7-15(10-13)25-4/h5-7,10,14H,8-9,11-12,22H2,1-4H3. The molecule has 0 amide bonds. The Balaban J connectivity index is 1.81. The molecule has 26 heavy (non-hydrogen) atoms. The minimum Gasteiger partial charge on any atom is -0.497 e. The maximum Gasteiger partial charge on any atom is 0.194 e. The first kappa shape index (κ1) is 17.6. The summed E-state index contributed by atoms with van der Waals surface area (Å²) >= 11 is 1.84. The largest absolute Gasteiger partial charge is 0.497 e. The van der Waals surface area contributed by atoms with E-state index in [0.717, 1.165) is 46.4 Å². The van der Waals surface area contributed by atoms with Gasteiger partial charge in [0.2, 0.25) is 0 Å².